The van der Waals surface area contributed by atoms with Crippen molar-refractivity contribution < 1.29 is 28.5 Å². The molecule has 10 heteroatoms. The molecule has 1 fully saturated rings. The van der Waals surface area contributed by atoms with E-state index in [4.69, 9.17) is 18.9 Å². The number of azide groups is 1. The van der Waals surface area contributed by atoms with E-state index in [0.717, 1.165) is 29.4 Å². The maximum absolute atomic E-state index is 12.7. The zero-order valence-corrected chi connectivity index (χ0v) is 23.9. The molecule has 1 saturated heterocycles. The van der Waals surface area contributed by atoms with E-state index in [2.05, 4.69) is 40.6 Å². The van der Waals surface area contributed by atoms with Gasteiger partial charge in [0.05, 0.1) is 12.0 Å². The molecular weight excluding hydrogens is 500 g/mol. The highest BCUT2D eigenvalue weighted by Crippen LogP contribution is 2.40. The molecule has 1 aromatic carbocycles. The monoisotopic (exact) mass is 542 g/mol. The summed E-state index contributed by atoms with van der Waals surface area (Å²) in [4.78, 5) is 28.3. The molecule has 0 radical (unpaired) electrons. The van der Waals surface area contributed by atoms with Crippen molar-refractivity contribution in [1.29, 1.82) is 0 Å². The summed E-state index contributed by atoms with van der Waals surface area (Å²) in [6.45, 7) is 9.37. The molecule has 0 saturated carbocycles. The molecule has 2 aromatic rings. The van der Waals surface area contributed by atoms with Gasteiger partial charge in [-0.3, -0.25) is 4.79 Å². The Balaban J connectivity index is 1.97. The van der Waals surface area contributed by atoms with Crippen molar-refractivity contribution in [3.63, 3.8) is 0 Å². The summed E-state index contributed by atoms with van der Waals surface area (Å²) in [5, 5.41) is 5.15. The number of esters is 2. The number of rotatable bonds is 15. The van der Waals surface area contributed by atoms with E-state index in [0.29, 0.717) is 19.4 Å². The van der Waals surface area contributed by atoms with Crippen LogP contribution in [-0.2, 0) is 35.1 Å². The lowest BCUT2D eigenvalue weighted by molar-refractivity contribution is -0.158. The number of carbonyl (C=O) groups excluding carboxylic acids is 2. The van der Waals surface area contributed by atoms with E-state index in [1.807, 2.05) is 32.2 Å². The van der Waals surface area contributed by atoms with E-state index in [9.17, 15) is 15.1 Å². The van der Waals surface area contributed by atoms with Crippen LogP contribution in [0.25, 0.3) is 21.3 Å². The van der Waals surface area contributed by atoms with Crippen LogP contribution < -0.4 is 0 Å². The minimum absolute atomic E-state index is 0.0592. The Bertz CT molecular complexity index is 1160. The van der Waals surface area contributed by atoms with Gasteiger partial charge in [0.2, 0.25) is 0 Å². The maximum Gasteiger partial charge on any atom is 0.332 e. The standard InChI is InChI=1S/C29H42N4O6/c1-18(2)22(15-24(31-32-30)26-16-23(19(3)4)29(35)38-26)28(39-27(34)17-37-6)21-9-8-20-10-12-33(25(20)14-21)11-7-13-36-5/h8-10,12,14,18-19,22-24,26,28H,7,11,13,15-17H2,1-6H3/t22-,23-,24-,26-,28?/m0/s1. The molecular formula is C29H42N4O6. The Hall–Kier alpha value is -3.07. The summed E-state index contributed by atoms with van der Waals surface area (Å²) in [7, 11) is 3.14. The predicted octanol–water partition coefficient (Wildman–Crippen LogP) is 5.84. The van der Waals surface area contributed by atoms with Gasteiger partial charge in [-0.15, -0.1) is 0 Å². The molecule has 10 nitrogen and oxygen atoms in total. The number of hydrogen-bond donors (Lipinski definition) is 0. The fourth-order valence-electron chi connectivity index (χ4n) is 5.42. The zero-order chi connectivity index (χ0) is 28.5. The topological polar surface area (TPSA) is 125 Å². The first-order chi connectivity index (χ1) is 18.7. The Morgan fingerprint density at radius 2 is 1.97 bits per heavy atom. The van der Waals surface area contributed by atoms with Gasteiger partial charge in [0.25, 0.3) is 0 Å². The molecule has 1 aliphatic heterocycles. The largest absolute Gasteiger partial charge is 0.462 e. The lowest BCUT2D eigenvalue weighted by Crippen LogP contribution is -2.33. The number of nitrogens with zero attached hydrogens (tertiary/aromatic N) is 4. The fourth-order valence-corrected chi connectivity index (χ4v) is 5.42. The fraction of sp³-hybridized carbons (Fsp3) is 0.655. The lowest BCUT2D eigenvalue weighted by Gasteiger charge is -2.33. The summed E-state index contributed by atoms with van der Waals surface area (Å²) >= 11 is 0. The molecule has 1 unspecified atom stereocenters. The highest BCUT2D eigenvalue weighted by Gasteiger charge is 2.42. The summed E-state index contributed by atoms with van der Waals surface area (Å²) < 4.78 is 24.2. The number of aromatic nitrogens is 1. The van der Waals surface area contributed by atoms with Gasteiger partial charge in [0.1, 0.15) is 18.8 Å². The second-order valence-corrected chi connectivity index (χ2v) is 11.0. The van der Waals surface area contributed by atoms with Crippen LogP contribution in [0.4, 0.5) is 0 Å². The summed E-state index contributed by atoms with van der Waals surface area (Å²) in [6.07, 6.45) is 2.68. The molecule has 0 amide bonds. The van der Waals surface area contributed by atoms with Crippen LogP contribution in [0.15, 0.2) is 35.6 Å². The molecule has 5 atom stereocenters. The van der Waals surface area contributed by atoms with Crippen molar-refractivity contribution in [1.82, 2.24) is 4.57 Å². The van der Waals surface area contributed by atoms with Crippen LogP contribution in [0.5, 0.6) is 0 Å². The number of benzene rings is 1. The molecule has 0 spiro atoms. The molecule has 0 aliphatic carbocycles. The zero-order valence-electron chi connectivity index (χ0n) is 23.9. The molecule has 0 N–H and O–H groups in total. The number of cyclic esters (lactones) is 1. The van der Waals surface area contributed by atoms with Gasteiger partial charge in [-0.1, -0.05) is 44.9 Å². The van der Waals surface area contributed by atoms with Crippen LogP contribution in [-0.4, -0.2) is 56.1 Å². The smallest absolute Gasteiger partial charge is 0.332 e. The van der Waals surface area contributed by atoms with Gasteiger partial charge < -0.3 is 23.5 Å². The number of carbonyl (C=O) groups is 2. The summed E-state index contributed by atoms with van der Waals surface area (Å²) in [6, 6.07) is 7.56. The molecule has 0 bridgehead atoms. The van der Waals surface area contributed by atoms with Crippen LogP contribution in [0.3, 0.4) is 0 Å². The molecule has 3 rings (SSSR count). The average Bonchev–Trinajstić information content (AvgIpc) is 3.48. The third kappa shape index (κ3) is 7.75. The van der Waals surface area contributed by atoms with Gasteiger partial charge in [-0.05, 0) is 59.7 Å². The molecule has 214 valence electrons. The van der Waals surface area contributed by atoms with Crippen molar-refractivity contribution in [2.45, 2.75) is 71.8 Å². The first-order valence-corrected chi connectivity index (χ1v) is 13.7. The van der Waals surface area contributed by atoms with Gasteiger partial charge in [-0.25, -0.2) is 4.79 Å². The number of methoxy groups -OCH3 is 2. The first kappa shape index (κ1) is 30.5. The highest BCUT2D eigenvalue weighted by molar-refractivity contribution is 5.81. The van der Waals surface area contributed by atoms with Crippen molar-refractivity contribution in [2.75, 3.05) is 27.4 Å². The molecule has 2 heterocycles. The molecule has 39 heavy (non-hydrogen) atoms. The number of ether oxygens (including phenoxy) is 4. The number of hydrogen-bond acceptors (Lipinski definition) is 7. The maximum atomic E-state index is 12.7. The minimum Gasteiger partial charge on any atom is -0.462 e. The predicted molar refractivity (Wildman–Crippen MR) is 148 cm³/mol. The van der Waals surface area contributed by atoms with E-state index in [-0.39, 0.29) is 36.2 Å². The van der Waals surface area contributed by atoms with Gasteiger partial charge in [0.15, 0.2) is 0 Å². The Morgan fingerprint density at radius 3 is 2.59 bits per heavy atom. The quantitative estimate of drug-likeness (QED) is 0.0916. The highest BCUT2D eigenvalue weighted by atomic mass is 16.6. The third-order valence-corrected chi connectivity index (χ3v) is 7.64. The average molecular weight is 543 g/mol. The third-order valence-electron chi connectivity index (χ3n) is 7.64. The van der Waals surface area contributed by atoms with Crippen LogP contribution in [0.1, 0.15) is 58.6 Å². The van der Waals surface area contributed by atoms with Crippen LogP contribution >= 0.6 is 0 Å². The number of fused-ring (bicyclic) bond motifs is 1. The van der Waals surface area contributed by atoms with E-state index < -0.39 is 24.2 Å². The van der Waals surface area contributed by atoms with Gasteiger partial charge in [-0.2, -0.15) is 0 Å². The first-order valence-electron chi connectivity index (χ1n) is 13.7. The summed E-state index contributed by atoms with van der Waals surface area (Å²) in [5.74, 6) is -0.984. The normalized spacial score (nSPS) is 19.6. The lowest BCUT2D eigenvalue weighted by atomic mass is 9.79. The van der Waals surface area contributed by atoms with E-state index in [1.165, 1.54) is 7.11 Å². The van der Waals surface area contributed by atoms with Gasteiger partial charge >= 0.3 is 11.9 Å². The number of aryl methyl sites for hydroxylation is 1. The Labute approximate surface area is 230 Å². The SMILES string of the molecule is COCCCn1ccc2ccc(C(OC(=O)COC)[C@@H](C[C@H](N=[N+]=[N-])[C@@H]3C[C@@H](C(C)C)C(=O)O3)C(C)C)cc21. The second-order valence-electron chi connectivity index (χ2n) is 11.0. The van der Waals surface area contributed by atoms with E-state index >= 15 is 0 Å². The van der Waals surface area contributed by atoms with Crippen LogP contribution in [0.2, 0.25) is 0 Å². The van der Waals surface area contributed by atoms with Crippen molar-refractivity contribution >= 4 is 22.8 Å². The van der Waals surface area contributed by atoms with E-state index in [1.54, 1.807) is 7.11 Å². The Kier molecular flexibility index (Phi) is 11.2. The second kappa shape index (κ2) is 14.4. The Morgan fingerprint density at radius 1 is 1.21 bits per heavy atom. The van der Waals surface area contributed by atoms with Crippen molar-refractivity contribution in [3.8, 4) is 0 Å². The van der Waals surface area contributed by atoms with Gasteiger partial charge in [0, 0.05) is 49.9 Å². The van der Waals surface area contributed by atoms with Crippen molar-refractivity contribution in [2.24, 2.45) is 28.8 Å². The molecule has 1 aromatic heterocycles. The summed E-state index contributed by atoms with van der Waals surface area (Å²) in [5.41, 5.74) is 11.3. The minimum atomic E-state index is -0.617. The molecule has 1 aliphatic rings. The van der Waals surface area contributed by atoms with Crippen molar-refractivity contribution in [3.05, 3.63) is 46.5 Å². The van der Waals surface area contributed by atoms with Crippen LogP contribution in [0, 0.1) is 23.7 Å².